The second-order valence-electron chi connectivity index (χ2n) is 2.41. The molecule has 0 bridgehead atoms. The molecule has 0 saturated heterocycles. The van der Waals surface area contributed by atoms with Crippen LogP contribution >= 0.6 is 0 Å². The fraction of sp³-hybridized carbons (Fsp3) is 1.00. The van der Waals surface area contributed by atoms with Gasteiger partial charge in [0.05, 0.1) is 6.10 Å². The highest BCUT2D eigenvalue weighted by molar-refractivity contribution is 7.87. The molecule has 1 aliphatic rings. The van der Waals surface area contributed by atoms with Crippen LogP contribution in [-0.4, -0.2) is 25.7 Å². The van der Waals surface area contributed by atoms with Crippen molar-refractivity contribution in [1.82, 2.24) is 4.72 Å². The average Bonchev–Trinajstić information content (AvgIpc) is 1.78. The Morgan fingerprint density at radius 2 is 2.10 bits per heavy atom. The van der Waals surface area contributed by atoms with E-state index < -0.39 is 16.3 Å². The van der Waals surface area contributed by atoms with Gasteiger partial charge in [0.2, 0.25) is 0 Å². The fourth-order valence-corrected chi connectivity index (χ4v) is 1.53. The number of aliphatic hydroxyl groups is 1. The van der Waals surface area contributed by atoms with Crippen molar-refractivity contribution in [3.05, 3.63) is 0 Å². The highest BCUT2D eigenvalue weighted by Crippen LogP contribution is 2.19. The normalized spacial score (nSPS) is 33.4. The summed E-state index contributed by atoms with van der Waals surface area (Å²) in [7, 11) is -3.63. The first kappa shape index (κ1) is 7.93. The molecule has 0 aliphatic heterocycles. The zero-order chi connectivity index (χ0) is 7.78. The number of nitrogens with one attached hydrogen (secondary N) is 1. The predicted octanol–water partition coefficient (Wildman–Crippen LogP) is -1.70. The van der Waals surface area contributed by atoms with E-state index in [0.717, 1.165) is 0 Å². The van der Waals surface area contributed by atoms with E-state index in [1.165, 1.54) is 0 Å². The Hall–Kier alpha value is -0.170. The highest BCUT2D eigenvalue weighted by Gasteiger charge is 2.30. The van der Waals surface area contributed by atoms with E-state index in [9.17, 15) is 8.42 Å². The van der Waals surface area contributed by atoms with Gasteiger partial charge in [0, 0.05) is 6.04 Å². The molecule has 0 amide bonds. The summed E-state index contributed by atoms with van der Waals surface area (Å²) >= 11 is 0. The van der Waals surface area contributed by atoms with Crippen LogP contribution in [0.1, 0.15) is 12.8 Å². The first-order valence-electron chi connectivity index (χ1n) is 2.97. The molecule has 1 fully saturated rings. The summed E-state index contributed by atoms with van der Waals surface area (Å²) in [6, 6.07) is -0.366. The molecule has 1 aliphatic carbocycles. The number of hydrogen-bond acceptors (Lipinski definition) is 3. The van der Waals surface area contributed by atoms with E-state index in [1.807, 2.05) is 0 Å². The van der Waals surface area contributed by atoms with Gasteiger partial charge in [0.15, 0.2) is 0 Å². The van der Waals surface area contributed by atoms with Crippen molar-refractivity contribution in [2.45, 2.75) is 25.0 Å². The van der Waals surface area contributed by atoms with Gasteiger partial charge >= 0.3 is 0 Å². The molecule has 60 valence electrons. The Bertz CT molecular complexity index is 213. The van der Waals surface area contributed by atoms with Crippen LogP contribution in [0.25, 0.3) is 0 Å². The molecular formula is C4H10N2O3S. The van der Waals surface area contributed by atoms with Crippen LogP contribution in [0.3, 0.4) is 0 Å². The lowest BCUT2D eigenvalue weighted by Gasteiger charge is -2.31. The number of hydrogen-bond donors (Lipinski definition) is 3. The van der Waals surface area contributed by atoms with Crippen molar-refractivity contribution < 1.29 is 13.5 Å². The summed E-state index contributed by atoms with van der Waals surface area (Å²) < 4.78 is 22.8. The molecular weight excluding hydrogens is 156 g/mol. The number of rotatable bonds is 2. The molecule has 0 aromatic rings. The molecule has 6 heteroatoms. The maximum atomic E-state index is 10.3. The lowest BCUT2D eigenvalue weighted by Crippen LogP contribution is -2.51. The Balaban J connectivity index is 2.40. The van der Waals surface area contributed by atoms with E-state index in [0.29, 0.717) is 12.8 Å². The van der Waals surface area contributed by atoms with Crippen LogP contribution < -0.4 is 9.86 Å². The highest BCUT2D eigenvalue weighted by atomic mass is 32.2. The van der Waals surface area contributed by atoms with Crippen molar-refractivity contribution in [2.75, 3.05) is 0 Å². The standard InChI is InChI=1S/C4H10N2O3S/c5-10(8,9)6-3-1-2-4(3)7/h3-4,6-7H,1-2H2,(H2,5,8,9)/t3-,4-/m1/s1. The monoisotopic (exact) mass is 166 g/mol. The summed E-state index contributed by atoms with van der Waals surface area (Å²) in [5, 5.41) is 13.5. The van der Waals surface area contributed by atoms with Crippen LogP contribution in [-0.2, 0) is 10.2 Å². The summed E-state index contributed by atoms with van der Waals surface area (Å²) in [5.74, 6) is 0. The van der Waals surface area contributed by atoms with Gasteiger partial charge in [-0.3, -0.25) is 0 Å². The second kappa shape index (κ2) is 2.46. The fourth-order valence-electron chi connectivity index (χ4n) is 0.831. The van der Waals surface area contributed by atoms with E-state index in [2.05, 4.69) is 9.86 Å². The second-order valence-corrected chi connectivity index (χ2v) is 3.74. The van der Waals surface area contributed by atoms with Crippen molar-refractivity contribution in [1.29, 1.82) is 0 Å². The molecule has 5 nitrogen and oxygen atoms in total. The molecule has 0 aromatic carbocycles. The minimum absolute atomic E-state index is 0.366. The zero-order valence-electron chi connectivity index (χ0n) is 5.32. The van der Waals surface area contributed by atoms with Crippen LogP contribution in [0, 0.1) is 0 Å². The van der Waals surface area contributed by atoms with Gasteiger partial charge in [-0.2, -0.15) is 13.1 Å². The Morgan fingerprint density at radius 3 is 2.20 bits per heavy atom. The lowest BCUT2D eigenvalue weighted by atomic mass is 9.90. The molecule has 1 saturated carbocycles. The Morgan fingerprint density at radius 1 is 1.50 bits per heavy atom. The molecule has 0 spiro atoms. The molecule has 4 N–H and O–H groups in total. The SMILES string of the molecule is NS(=O)(=O)N[C@@H]1CC[C@H]1O. The number of aliphatic hydroxyl groups excluding tert-OH is 1. The van der Waals surface area contributed by atoms with Gasteiger partial charge in [-0.15, -0.1) is 0 Å². The van der Waals surface area contributed by atoms with Gasteiger partial charge < -0.3 is 5.11 Å². The van der Waals surface area contributed by atoms with Crippen molar-refractivity contribution in [3.63, 3.8) is 0 Å². The van der Waals surface area contributed by atoms with Gasteiger partial charge in [-0.1, -0.05) is 0 Å². The van der Waals surface area contributed by atoms with Gasteiger partial charge in [0.1, 0.15) is 0 Å². The van der Waals surface area contributed by atoms with E-state index >= 15 is 0 Å². The van der Waals surface area contributed by atoms with Crippen LogP contribution in [0.15, 0.2) is 0 Å². The van der Waals surface area contributed by atoms with Crippen molar-refractivity contribution in [3.8, 4) is 0 Å². The zero-order valence-corrected chi connectivity index (χ0v) is 6.13. The molecule has 10 heavy (non-hydrogen) atoms. The molecule has 0 aromatic heterocycles. The molecule has 0 heterocycles. The van der Waals surface area contributed by atoms with Crippen LogP contribution in [0.4, 0.5) is 0 Å². The third-order valence-electron chi connectivity index (χ3n) is 1.55. The summed E-state index contributed by atoms with van der Waals surface area (Å²) in [6.07, 6.45) is 0.753. The smallest absolute Gasteiger partial charge is 0.274 e. The summed E-state index contributed by atoms with van der Waals surface area (Å²) in [5.41, 5.74) is 0. The van der Waals surface area contributed by atoms with Gasteiger partial charge in [-0.25, -0.2) is 5.14 Å². The third kappa shape index (κ3) is 1.91. The minimum atomic E-state index is -3.63. The van der Waals surface area contributed by atoms with Gasteiger partial charge in [0.25, 0.3) is 10.2 Å². The number of nitrogens with two attached hydrogens (primary N) is 1. The Kier molecular flexibility index (Phi) is 1.95. The van der Waals surface area contributed by atoms with Crippen molar-refractivity contribution in [2.24, 2.45) is 5.14 Å². The largest absolute Gasteiger partial charge is 0.391 e. The van der Waals surface area contributed by atoms with Gasteiger partial charge in [-0.05, 0) is 12.8 Å². The minimum Gasteiger partial charge on any atom is -0.391 e. The lowest BCUT2D eigenvalue weighted by molar-refractivity contribution is 0.0612. The first-order valence-corrected chi connectivity index (χ1v) is 4.52. The van der Waals surface area contributed by atoms with E-state index in [1.54, 1.807) is 0 Å². The summed E-state index contributed by atoms with van der Waals surface area (Å²) in [4.78, 5) is 0. The van der Waals surface area contributed by atoms with Crippen LogP contribution in [0.5, 0.6) is 0 Å². The Labute approximate surface area is 59.4 Å². The third-order valence-corrected chi connectivity index (χ3v) is 2.18. The maximum absolute atomic E-state index is 10.3. The van der Waals surface area contributed by atoms with Crippen molar-refractivity contribution >= 4 is 10.2 Å². The molecule has 2 atom stereocenters. The summed E-state index contributed by atoms with van der Waals surface area (Å²) in [6.45, 7) is 0. The quantitative estimate of drug-likeness (QED) is 0.456. The molecule has 0 unspecified atom stereocenters. The first-order chi connectivity index (χ1) is 4.49. The molecule has 1 rings (SSSR count). The maximum Gasteiger partial charge on any atom is 0.274 e. The average molecular weight is 166 g/mol. The van der Waals surface area contributed by atoms with Crippen LogP contribution in [0.2, 0.25) is 0 Å². The van der Waals surface area contributed by atoms with E-state index in [-0.39, 0.29) is 6.04 Å². The van der Waals surface area contributed by atoms with E-state index in [4.69, 9.17) is 5.11 Å². The predicted molar refractivity (Wildman–Crippen MR) is 35.3 cm³/mol. The topological polar surface area (TPSA) is 92.4 Å². The molecule has 0 radical (unpaired) electrons.